The maximum Gasteiger partial charge on any atom is 0.209 e. The highest BCUT2D eigenvalue weighted by Crippen LogP contribution is 2.31. The van der Waals surface area contributed by atoms with Crippen LogP contribution in [-0.4, -0.2) is 31.9 Å². The molecule has 0 saturated heterocycles. The van der Waals surface area contributed by atoms with Crippen LogP contribution in [-0.2, 0) is 10.0 Å². The van der Waals surface area contributed by atoms with E-state index in [-0.39, 0.29) is 6.61 Å². The Morgan fingerprint density at radius 2 is 1.93 bits per heavy atom. The highest BCUT2D eigenvalue weighted by Gasteiger charge is 2.35. The van der Waals surface area contributed by atoms with Gasteiger partial charge in [0.05, 0.1) is 18.4 Å². The van der Waals surface area contributed by atoms with E-state index in [0.29, 0.717) is 5.92 Å². The predicted molar refractivity (Wildman–Crippen MR) is 55.4 cm³/mol. The third-order valence-electron chi connectivity index (χ3n) is 2.94. The average Bonchev–Trinajstić information content (AvgIpc) is 2.07. The van der Waals surface area contributed by atoms with Gasteiger partial charge in [0.25, 0.3) is 0 Å². The lowest BCUT2D eigenvalue weighted by Crippen LogP contribution is -2.52. The number of rotatable bonds is 3. The second kappa shape index (κ2) is 4.16. The number of hydrogen-bond acceptors (Lipinski definition) is 3. The van der Waals surface area contributed by atoms with Crippen LogP contribution in [0.15, 0.2) is 0 Å². The number of aliphatic hydroxyl groups excluding tert-OH is 1. The quantitative estimate of drug-likeness (QED) is 0.728. The van der Waals surface area contributed by atoms with E-state index in [1.807, 2.05) is 0 Å². The van der Waals surface area contributed by atoms with E-state index in [1.165, 1.54) is 0 Å². The molecule has 0 heterocycles. The largest absolute Gasteiger partial charge is 0.394 e. The van der Waals surface area contributed by atoms with E-state index in [2.05, 4.69) is 11.6 Å². The van der Waals surface area contributed by atoms with Gasteiger partial charge in [0, 0.05) is 0 Å². The van der Waals surface area contributed by atoms with Crippen molar-refractivity contribution in [3.63, 3.8) is 0 Å². The van der Waals surface area contributed by atoms with Crippen molar-refractivity contribution < 1.29 is 13.5 Å². The first-order valence-corrected chi connectivity index (χ1v) is 6.86. The van der Waals surface area contributed by atoms with Crippen LogP contribution in [0.1, 0.15) is 32.6 Å². The van der Waals surface area contributed by atoms with Gasteiger partial charge in [-0.2, -0.15) is 0 Å². The second-order valence-electron chi connectivity index (χ2n) is 4.50. The minimum absolute atomic E-state index is 0.104. The van der Waals surface area contributed by atoms with Crippen molar-refractivity contribution in [2.24, 2.45) is 5.92 Å². The smallest absolute Gasteiger partial charge is 0.209 e. The molecule has 84 valence electrons. The molecule has 0 aromatic rings. The van der Waals surface area contributed by atoms with Gasteiger partial charge in [0.15, 0.2) is 0 Å². The van der Waals surface area contributed by atoms with Gasteiger partial charge in [-0.15, -0.1) is 0 Å². The summed E-state index contributed by atoms with van der Waals surface area (Å²) in [5.41, 5.74) is -0.597. The predicted octanol–water partition coefficient (Wildman–Crippen LogP) is 0.477. The molecule has 1 aliphatic rings. The molecule has 0 bridgehead atoms. The lowest BCUT2D eigenvalue weighted by molar-refractivity contribution is 0.126. The molecule has 0 aromatic heterocycles. The topological polar surface area (TPSA) is 66.4 Å². The van der Waals surface area contributed by atoms with Gasteiger partial charge >= 0.3 is 0 Å². The number of aliphatic hydroxyl groups is 1. The third kappa shape index (κ3) is 3.22. The Hall–Kier alpha value is -0.130. The van der Waals surface area contributed by atoms with Gasteiger partial charge in [-0.3, -0.25) is 0 Å². The van der Waals surface area contributed by atoms with E-state index >= 15 is 0 Å². The van der Waals surface area contributed by atoms with Crippen LogP contribution >= 0.6 is 0 Å². The van der Waals surface area contributed by atoms with Gasteiger partial charge in [0.1, 0.15) is 0 Å². The molecule has 0 radical (unpaired) electrons. The molecule has 0 aliphatic heterocycles. The van der Waals surface area contributed by atoms with Crippen LogP contribution in [0, 0.1) is 5.92 Å². The molecule has 2 N–H and O–H groups in total. The summed E-state index contributed by atoms with van der Waals surface area (Å²) in [6.45, 7) is 2.05. The summed E-state index contributed by atoms with van der Waals surface area (Å²) in [7, 11) is -3.22. The molecule has 1 rings (SSSR count). The second-order valence-corrected chi connectivity index (χ2v) is 6.24. The first kappa shape index (κ1) is 11.9. The molecule has 14 heavy (non-hydrogen) atoms. The zero-order valence-corrected chi connectivity index (χ0v) is 9.60. The number of sulfonamides is 1. The third-order valence-corrected chi connectivity index (χ3v) is 3.74. The lowest BCUT2D eigenvalue weighted by Gasteiger charge is -2.37. The Morgan fingerprint density at radius 3 is 2.29 bits per heavy atom. The number of hydrogen-bond donors (Lipinski definition) is 2. The molecule has 0 spiro atoms. The van der Waals surface area contributed by atoms with Crippen molar-refractivity contribution in [3.8, 4) is 0 Å². The molecule has 4 nitrogen and oxygen atoms in total. The molecule has 1 fully saturated rings. The minimum atomic E-state index is -3.22. The molecular weight excluding hydrogens is 202 g/mol. The summed E-state index contributed by atoms with van der Waals surface area (Å²) in [6, 6.07) is 0. The first-order chi connectivity index (χ1) is 6.37. The maximum atomic E-state index is 11.1. The molecule has 1 saturated carbocycles. The molecule has 0 aromatic carbocycles. The van der Waals surface area contributed by atoms with E-state index in [9.17, 15) is 13.5 Å². The van der Waals surface area contributed by atoms with Gasteiger partial charge in [-0.25, -0.2) is 13.1 Å². The van der Waals surface area contributed by atoms with Gasteiger partial charge in [0.2, 0.25) is 10.0 Å². The summed E-state index contributed by atoms with van der Waals surface area (Å²) >= 11 is 0. The monoisotopic (exact) mass is 221 g/mol. The Kier molecular flexibility index (Phi) is 3.55. The van der Waals surface area contributed by atoms with Gasteiger partial charge in [-0.1, -0.05) is 6.92 Å². The zero-order valence-electron chi connectivity index (χ0n) is 8.78. The molecule has 5 heteroatoms. The SMILES string of the molecule is CC1CCC(CO)(NS(C)(=O)=O)CC1. The molecule has 0 atom stereocenters. The van der Waals surface area contributed by atoms with Crippen molar-refractivity contribution in [2.45, 2.75) is 38.1 Å². The Labute approximate surface area is 85.8 Å². The Morgan fingerprint density at radius 1 is 1.43 bits per heavy atom. The Bertz CT molecular complexity index is 278. The summed E-state index contributed by atoms with van der Waals surface area (Å²) in [5.74, 6) is 0.635. The first-order valence-electron chi connectivity index (χ1n) is 4.97. The van der Waals surface area contributed by atoms with Crippen molar-refractivity contribution in [2.75, 3.05) is 12.9 Å². The van der Waals surface area contributed by atoms with Crippen molar-refractivity contribution in [3.05, 3.63) is 0 Å². The molecule has 0 amide bonds. The minimum Gasteiger partial charge on any atom is -0.394 e. The van der Waals surface area contributed by atoms with Crippen molar-refractivity contribution in [1.82, 2.24) is 4.72 Å². The maximum absolute atomic E-state index is 11.1. The summed E-state index contributed by atoms with van der Waals surface area (Å²) in [4.78, 5) is 0. The lowest BCUT2D eigenvalue weighted by atomic mass is 9.78. The van der Waals surface area contributed by atoms with Gasteiger partial charge < -0.3 is 5.11 Å². The number of nitrogens with one attached hydrogen (secondary N) is 1. The van der Waals surface area contributed by atoms with E-state index in [1.54, 1.807) is 0 Å². The van der Waals surface area contributed by atoms with E-state index in [0.717, 1.165) is 31.9 Å². The van der Waals surface area contributed by atoms with Gasteiger partial charge in [-0.05, 0) is 31.6 Å². The van der Waals surface area contributed by atoms with Crippen LogP contribution in [0.5, 0.6) is 0 Å². The normalized spacial score (nSPS) is 34.4. The summed E-state index contributed by atoms with van der Waals surface area (Å²) in [6.07, 6.45) is 4.56. The van der Waals surface area contributed by atoms with E-state index < -0.39 is 15.6 Å². The van der Waals surface area contributed by atoms with Crippen LogP contribution in [0.3, 0.4) is 0 Å². The van der Waals surface area contributed by atoms with Crippen molar-refractivity contribution >= 4 is 10.0 Å². The summed E-state index contributed by atoms with van der Waals surface area (Å²) in [5, 5.41) is 9.26. The fourth-order valence-electron chi connectivity index (χ4n) is 2.00. The highest BCUT2D eigenvalue weighted by atomic mass is 32.2. The average molecular weight is 221 g/mol. The molecule has 1 aliphatic carbocycles. The Balaban J connectivity index is 2.68. The van der Waals surface area contributed by atoms with Crippen molar-refractivity contribution in [1.29, 1.82) is 0 Å². The van der Waals surface area contributed by atoms with Crippen LogP contribution in [0.4, 0.5) is 0 Å². The van der Waals surface area contributed by atoms with E-state index in [4.69, 9.17) is 0 Å². The highest BCUT2D eigenvalue weighted by molar-refractivity contribution is 7.88. The fourth-order valence-corrected chi connectivity index (χ4v) is 3.06. The zero-order chi connectivity index (χ0) is 10.8. The molecular formula is C9H19NO3S. The van der Waals surface area contributed by atoms with Crippen LogP contribution < -0.4 is 4.72 Å². The standard InChI is InChI=1S/C9H19NO3S/c1-8-3-5-9(7-11,6-4-8)10-14(2,12)13/h8,10-11H,3-7H2,1-2H3. The summed E-state index contributed by atoms with van der Waals surface area (Å²) < 4.78 is 24.8. The fraction of sp³-hybridized carbons (Fsp3) is 1.00. The van der Waals surface area contributed by atoms with Crippen LogP contribution in [0.2, 0.25) is 0 Å². The van der Waals surface area contributed by atoms with Crippen LogP contribution in [0.25, 0.3) is 0 Å². The molecule has 0 unspecified atom stereocenters.